The van der Waals surface area contributed by atoms with Crippen molar-refractivity contribution in [2.24, 2.45) is 5.41 Å². The topological polar surface area (TPSA) is 49.3 Å². The van der Waals surface area contributed by atoms with E-state index in [4.69, 9.17) is 5.11 Å². The van der Waals surface area contributed by atoms with Crippen molar-refractivity contribution in [3.63, 3.8) is 0 Å². The highest BCUT2D eigenvalue weighted by Gasteiger charge is 2.20. The minimum Gasteiger partial charge on any atom is -0.508 e. The maximum Gasteiger partial charge on any atom is 0.254 e. The van der Waals surface area contributed by atoms with Crippen LogP contribution in [0.15, 0.2) is 18.2 Å². The summed E-state index contributed by atoms with van der Waals surface area (Å²) in [5.74, 6) is -1.32. The number of carbonyl (C=O) groups excluding carboxylic acids is 1. The van der Waals surface area contributed by atoms with Crippen LogP contribution in [-0.2, 0) is 0 Å². The van der Waals surface area contributed by atoms with E-state index in [1.54, 1.807) is 0 Å². The Balaban J connectivity index is 2.54. The average Bonchev–Trinajstić information content (AvgIpc) is 2.36. The Morgan fingerprint density at radius 3 is 2.65 bits per heavy atom. The lowest BCUT2D eigenvalue weighted by molar-refractivity contribution is 0.0930. The molecule has 0 saturated carbocycles. The third kappa shape index (κ3) is 5.19. The van der Waals surface area contributed by atoms with Crippen molar-refractivity contribution >= 4 is 5.91 Å². The van der Waals surface area contributed by atoms with Gasteiger partial charge in [0.15, 0.2) is 0 Å². The highest BCUT2D eigenvalue weighted by molar-refractivity contribution is 5.94. The van der Waals surface area contributed by atoms with Gasteiger partial charge in [0, 0.05) is 12.6 Å². The molecule has 1 rings (SSSR count). The number of carbonyl (C=O) groups is 1. The van der Waals surface area contributed by atoms with E-state index in [-0.39, 0.29) is 16.7 Å². The summed E-state index contributed by atoms with van der Waals surface area (Å²) in [4.78, 5) is 11.9. The molecule has 0 bridgehead atoms. The van der Waals surface area contributed by atoms with Crippen molar-refractivity contribution in [3.8, 4) is 5.75 Å². The molecule has 2 N–H and O–H groups in total. The maximum atomic E-state index is 13.5. The minimum absolute atomic E-state index is 0.00176. The maximum absolute atomic E-state index is 13.5. The fourth-order valence-corrected chi connectivity index (χ4v) is 2.04. The zero-order valence-corrected chi connectivity index (χ0v) is 12.5. The minimum atomic E-state index is -0.703. The fraction of sp³-hybridized carbons (Fsp3) is 0.562. The molecule has 0 radical (unpaired) electrons. The van der Waals surface area contributed by atoms with Crippen molar-refractivity contribution in [2.45, 2.75) is 46.5 Å². The molecule has 0 atom stereocenters. The second-order valence-corrected chi connectivity index (χ2v) is 5.97. The number of phenolic OH excluding ortho intramolecular Hbond substituents is 1. The van der Waals surface area contributed by atoms with Gasteiger partial charge in [0.05, 0.1) is 5.56 Å². The lowest BCUT2D eigenvalue weighted by Gasteiger charge is -2.25. The van der Waals surface area contributed by atoms with Gasteiger partial charge in [-0.3, -0.25) is 4.79 Å². The first-order chi connectivity index (χ1) is 9.35. The van der Waals surface area contributed by atoms with Crippen LogP contribution < -0.4 is 5.32 Å². The van der Waals surface area contributed by atoms with E-state index in [1.165, 1.54) is 25.0 Å². The van der Waals surface area contributed by atoms with Gasteiger partial charge in [-0.15, -0.1) is 0 Å². The number of hydrogen-bond donors (Lipinski definition) is 2. The molecule has 20 heavy (non-hydrogen) atoms. The van der Waals surface area contributed by atoms with Crippen LogP contribution in [0, 0.1) is 11.2 Å². The molecule has 112 valence electrons. The van der Waals surface area contributed by atoms with Crippen molar-refractivity contribution < 1.29 is 14.3 Å². The highest BCUT2D eigenvalue weighted by Crippen LogP contribution is 2.23. The standard InChI is InChI=1S/C16H24FNO2/c1-4-5-6-9-16(2,3)11-18-15(20)13-8-7-12(19)10-14(13)17/h7-8,10,19H,4-6,9,11H2,1-3H3,(H,18,20). The smallest absolute Gasteiger partial charge is 0.254 e. The van der Waals surface area contributed by atoms with Gasteiger partial charge in [0.25, 0.3) is 5.91 Å². The van der Waals surface area contributed by atoms with Gasteiger partial charge >= 0.3 is 0 Å². The van der Waals surface area contributed by atoms with E-state index in [2.05, 4.69) is 26.1 Å². The Hall–Kier alpha value is -1.58. The third-order valence-electron chi connectivity index (χ3n) is 3.38. The quantitative estimate of drug-likeness (QED) is 0.745. The molecule has 1 amide bonds. The zero-order valence-electron chi connectivity index (χ0n) is 12.5. The zero-order chi connectivity index (χ0) is 15.2. The van der Waals surface area contributed by atoms with E-state index >= 15 is 0 Å². The summed E-state index contributed by atoms with van der Waals surface area (Å²) >= 11 is 0. The van der Waals surface area contributed by atoms with Gasteiger partial charge in [-0.2, -0.15) is 0 Å². The van der Waals surface area contributed by atoms with E-state index in [0.29, 0.717) is 6.54 Å². The first-order valence-electron chi connectivity index (χ1n) is 7.12. The van der Waals surface area contributed by atoms with Gasteiger partial charge in [0.2, 0.25) is 0 Å². The predicted molar refractivity (Wildman–Crippen MR) is 78.3 cm³/mol. The summed E-state index contributed by atoms with van der Waals surface area (Å²) in [6.07, 6.45) is 4.51. The lowest BCUT2D eigenvalue weighted by Crippen LogP contribution is -2.34. The van der Waals surface area contributed by atoms with E-state index < -0.39 is 11.7 Å². The van der Waals surface area contributed by atoms with Gasteiger partial charge in [-0.1, -0.05) is 40.0 Å². The molecular weight excluding hydrogens is 257 g/mol. The van der Waals surface area contributed by atoms with Crippen LogP contribution in [0.25, 0.3) is 0 Å². The molecular formula is C16H24FNO2. The second-order valence-electron chi connectivity index (χ2n) is 5.97. The average molecular weight is 281 g/mol. The molecule has 0 spiro atoms. The summed E-state index contributed by atoms with van der Waals surface area (Å²) in [5, 5.41) is 11.9. The molecule has 1 aromatic carbocycles. The summed E-state index contributed by atoms with van der Waals surface area (Å²) < 4.78 is 13.5. The number of amides is 1. The van der Waals surface area contributed by atoms with Crippen LogP contribution in [-0.4, -0.2) is 17.6 Å². The number of unbranched alkanes of at least 4 members (excludes halogenated alkanes) is 2. The predicted octanol–water partition coefficient (Wildman–Crippen LogP) is 3.87. The van der Waals surface area contributed by atoms with Crippen molar-refractivity contribution in [1.82, 2.24) is 5.32 Å². The Kier molecular flexibility index (Phi) is 5.99. The Labute approximate surface area is 120 Å². The molecule has 0 fully saturated rings. The lowest BCUT2D eigenvalue weighted by atomic mass is 9.87. The Morgan fingerprint density at radius 2 is 2.05 bits per heavy atom. The molecule has 0 aromatic heterocycles. The molecule has 0 aliphatic rings. The first-order valence-corrected chi connectivity index (χ1v) is 7.12. The number of nitrogens with one attached hydrogen (secondary N) is 1. The van der Waals surface area contributed by atoms with Gasteiger partial charge in [0.1, 0.15) is 11.6 Å². The van der Waals surface area contributed by atoms with Gasteiger partial charge in [-0.25, -0.2) is 4.39 Å². The number of hydrogen-bond acceptors (Lipinski definition) is 2. The first kappa shape index (κ1) is 16.5. The Morgan fingerprint density at radius 1 is 1.35 bits per heavy atom. The summed E-state index contributed by atoms with van der Waals surface area (Å²) in [6, 6.07) is 3.55. The van der Waals surface area contributed by atoms with E-state index in [0.717, 1.165) is 18.9 Å². The molecule has 1 aromatic rings. The molecule has 0 aliphatic heterocycles. The number of rotatable bonds is 7. The molecule has 0 aliphatic carbocycles. The monoisotopic (exact) mass is 281 g/mol. The van der Waals surface area contributed by atoms with Crippen LogP contribution in [0.5, 0.6) is 5.75 Å². The van der Waals surface area contributed by atoms with Crippen molar-refractivity contribution in [1.29, 1.82) is 0 Å². The third-order valence-corrected chi connectivity index (χ3v) is 3.38. The van der Waals surface area contributed by atoms with E-state index in [1.807, 2.05) is 0 Å². The summed E-state index contributed by atoms with van der Waals surface area (Å²) in [7, 11) is 0. The van der Waals surface area contributed by atoms with Gasteiger partial charge in [-0.05, 0) is 24.0 Å². The van der Waals surface area contributed by atoms with Crippen LogP contribution in [0.1, 0.15) is 56.8 Å². The second kappa shape index (κ2) is 7.27. The van der Waals surface area contributed by atoms with Crippen molar-refractivity contribution in [2.75, 3.05) is 6.54 Å². The van der Waals surface area contributed by atoms with Crippen LogP contribution in [0.2, 0.25) is 0 Å². The molecule has 0 unspecified atom stereocenters. The normalized spacial score (nSPS) is 11.4. The molecule has 3 nitrogen and oxygen atoms in total. The SMILES string of the molecule is CCCCCC(C)(C)CNC(=O)c1ccc(O)cc1F. The number of phenols is 1. The van der Waals surface area contributed by atoms with Crippen LogP contribution >= 0.6 is 0 Å². The van der Waals surface area contributed by atoms with Gasteiger partial charge < -0.3 is 10.4 Å². The number of halogens is 1. The number of aromatic hydroxyl groups is 1. The highest BCUT2D eigenvalue weighted by atomic mass is 19.1. The largest absolute Gasteiger partial charge is 0.508 e. The summed E-state index contributed by atoms with van der Waals surface area (Å²) in [6.45, 7) is 6.85. The molecule has 4 heteroatoms. The molecule has 0 saturated heterocycles. The Bertz CT molecular complexity index is 458. The van der Waals surface area contributed by atoms with E-state index in [9.17, 15) is 9.18 Å². The molecule has 0 heterocycles. The van der Waals surface area contributed by atoms with Crippen LogP contribution in [0.3, 0.4) is 0 Å². The summed E-state index contributed by atoms with van der Waals surface area (Å²) in [5.41, 5.74) is -0.0368. The van der Waals surface area contributed by atoms with Crippen molar-refractivity contribution in [3.05, 3.63) is 29.6 Å². The fourth-order valence-electron chi connectivity index (χ4n) is 2.04. The van der Waals surface area contributed by atoms with Crippen LogP contribution in [0.4, 0.5) is 4.39 Å². The number of benzene rings is 1.